The number of thioether (sulfide) groups is 1. The Morgan fingerprint density at radius 1 is 0.947 bits per heavy atom. The fourth-order valence-electron chi connectivity index (χ4n) is 5.91. The first kappa shape index (κ1) is 30.4. The third-order valence-electron chi connectivity index (χ3n) is 7.70. The summed E-state index contributed by atoms with van der Waals surface area (Å²) < 4.78 is 30.7. The summed E-state index contributed by atoms with van der Waals surface area (Å²) >= 11 is 8.43. The van der Waals surface area contributed by atoms with E-state index in [2.05, 4.69) is 91.1 Å². The van der Waals surface area contributed by atoms with Gasteiger partial charge in [-0.15, -0.1) is 11.8 Å². The lowest BCUT2D eigenvalue weighted by Crippen LogP contribution is -2.65. The number of imidazole rings is 1. The van der Waals surface area contributed by atoms with Crippen LogP contribution in [0.15, 0.2) is 12.7 Å². The molecule has 4 rings (SSSR count). The van der Waals surface area contributed by atoms with Crippen LogP contribution in [0.1, 0.15) is 82.4 Å². The maximum Gasteiger partial charge on any atom is 0.335 e. The molecule has 0 spiro atoms. The van der Waals surface area contributed by atoms with E-state index in [0.29, 0.717) is 22.9 Å². The summed E-state index contributed by atoms with van der Waals surface area (Å²) in [5.74, 6) is 0. The summed E-state index contributed by atoms with van der Waals surface area (Å²) in [5, 5.41) is 0.317. The average molecular weight is 601 g/mol. The van der Waals surface area contributed by atoms with Gasteiger partial charge in [-0.3, -0.25) is 4.57 Å². The molecule has 4 atom stereocenters. The predicted octanol–water partition coefficient (Wildman–Crippen LogP) is 7.23. The Balaban J connectivity index is 1.87. The molecule has 2 aromatic heterocycles. The summed E-state index contributed by atoms with van der Waals surface area (Å²) in [6, 6.07) is 0. The largest absolute Gasteiger partial charge is 0.414 e. The molecule has 214 valence electrons. The second kappa shape index (κ2) is 11.0. The first-order valence-electron chi connectivity index (χ1n) is 13.8. The molecule has 2 aromatic rings. The van der Waals surface area contributed by atoms with Gasteiger partial charge in [-0.1, -0.05) is 87.8 Å². The summed E-state index contributed by atoms with van der Waals surface area (Å²) in [6.07, 6.45) is 2.37. The lowest BCUT2D eigenvalue weighted by molar-refractivity contribution is -0.0543. The number of hydrogen-bond acceptors (Lipinski definition) is 8. The standard InChI is InChI=1S/C26H45ClN4O4SSi2/c1-15(2)37(16(3)4)32-12-19-21(34-38(35-37,17(5)6)18(7)8)22(36-26(9,10)11)25(33-19)31-14-30-24-20(31)23(27)28-13-29-24/h13-19,21-22,25H,12H2,1-11H3/t19-,21-,22-,25-/m1/s1. The lowest BCUT2D eigenvalue weighted by Gasteiger charge is -2.51. The molecule has 0 unspecified atom stereocenters. The van der Waals surface area contributed by atoms with Gasteiger partial charge < -0.3 is 17.7 Å². The van der Waals surface area contributed by atoms with Crippen LogP contribution in [0.2, 0.25) is 27.3 Å². The Bertz CT molecular complexity index is 1110. The van der Waals surface area contributed by atoms with Crippen molar-refractivity contribution in [2.75, 3.05) is 6.61 Å². The molecule has 0 aromatic carbocycles. The highest BCUT2D eigenvalue weighted by Crippen LogP contribution is 2.52. The number of ether oxygens (including phenoxy) is 1. The number of halogens is 1. The molecule has 2 fully saturated rings. The van der Waals surface area contributed by atoms with Gasteiger partial charge >= 0.3 is 17.1 Å². The van der Waals surface area contributed by atoms with Crippen molar-refractivity contribution in [3.05, 3.63) is 17.8 Å². The number of nitrogens with zero attached hydrogens (tertiary/aromatic N) is 4. The van der Waals surface area contributed by atoms with Crippen molar-refractivity contribution in [3.63, 3.8) is 0 Å². The Labute approximate surface area is 239 Å². The maximum absolute atomic E-state index is 7.44. The fraction of sp³-hybridized carbons (Fsp3) is 0.808. The molecule has 2 aliphatic rings. The minimum Gasteiger partial charge on any atom is -0.414 e. The van der Waals surface area contributed by atoms with Crippen LogP contribution in [0.3, 0.4) is 0 Å². The second-order valence-corrected chi connectivity index (χ2v) is 24.0. The van der Waals surface area contributed by atoms with Crippen LogP contribution >= 0.6 is 23.4 Å². The van der Waals surface area contributed by atoms with Crippen LogP contribution < -0.4 is 0 Å². The van der Waals surface area contributed by atoms with Gasteiger partial charge in [0.25, 0.3) is 0 Å². The normalized spacial score (nSPS) is 27.9. The van der Waals surface area contributed by atoms with Crippen molar-refractivity contribution in [3.8, 4) is 0 Å². The van der Waals surface area contributed by atoms with E-state index in [1.54, 1.807) is 6.33 Å². The molecule has 0 N–H and O–H groups in total. The average Bonchev–Trinajstić information content (AvgIpc) is 3.34. The van der Waals surface area contributed by atoms with Gasteiger partial charge in [0, 0.05) is 4.75 Å². The summed E-state index contributed by atoms with van der Waals surface area (Å²) in [5.41, 5.74) is 2.26. The van der Waals surface area contributed by atoms with E-state index in [1.807, 2.05) is 16.3 Å². The van der Waals surface area contributed by atoms with E-state index >= 15 is 0 Å². The third kappa shape index (κ3) is 5.38. The van der Waals surface area contributed by atoms with E-state index in [0.717, 1.165) is 0 Å². The zero-order valence-electron chi connectivity index (χ0n) is 24.7. The molecule has 2 aliphatic heterocycles. The molecular formula is C26H45ClN4O4SSi2. The van der Waals surface area contributed by atoms with E-state index in [9.17, 15) is 0 Å². The molecule has 8 nitrogen and oxygen atoms in total. The number of hydrogen-bond donors (Lipinski definition) is 0. The van der Waals surface area contributed by atoms with Crippen LogP contribution in [0.25, 0.3) is 11.2 Å². The monoisotopic (exact) mass is 600 g/mol. The van der Waals surface area contributed by atoms with Crippen LogP contribution in [-0.2, 0) is 17.7 Å². The van der Waals surface area contributed by atoms with Crippen LogP contribution in [0.5, 0.6) is 0 Å². The molecule has 0 radical (unpaired) electrons. The van der Waals surface area contributed by atoms with Gasteiger partial charge in [0.2, 0.25) is 0 Å². The molecule has 38 heavy (non-hydrogen) atoms. The molecule has 4 heterocycles. The molecule has 0 amide bonds. The Morgan fingerprint density at radius 3 is 2.11 bits per heavy atom. The molecule has 0 saturated carbocycles. The Morgan fingerprint density at radius 2 is 1.55 bits per heavy atom. The summed E-state index contributed by atoms with van der Waals surface area (Å²) in [4.78, 5) is 13.1. The fourth-order valence-corrected chi connectivity index (χ4v) is 19.0. The third-order valence-corrected chi connectivity index (χ3v) is 19.7. The molecular weight excluding hydrogens is 556 g/mol. The van der Waals surface area contributed by atoms with Crippen molar-refractivity contribution in [1.82, 2.24) is 19.5 Å². The van der Waals surface area contributed by atoms with Gasteiger partial charge in [-0.25, -0.2) is 15.0 Å². The highest BCUT2D eigenvalue weighted by Gasteiger charge is 2.62. The topological polar surface area (TPSA) is 80.5 Å². The smallest absolute Gasteiger partial charge is 0.335 e. The first-order chi connectivity index (χ1) is 17.6. The highest BCUT2D eigenvalue weighted by atomic mass is 35.5. The Kier molecular flexibility index (Phi) is 8.84. The minimum absolute atomic E-state index is 0.0421. The van der Waals surface area contributed by atoms with Gasteiger partial charge in [0.05, 0.1) is 24.3 Å². The SMILES string of the molecule is CC(C)[Si]1(C(C)C)OC[C@H]2O[C@@H](n3cnc4ncnc(Cl)c43)[C@H](SC(C)(C)C)[C@@H]2O[Si](C(C)C)(C(C)C)O1. The zero-order chi connectivity index (χ0) is 28.2. The molecule has 0 bridgehead atoms. The van der Waals surface area contributed by atoms with Crippen molar-refractivity contribution < 1.29 is 17.7 Å². The number of fused-ring (bicyclic) bond motifs is 2. The Hall–Kier alpha value is -0.536. The molecule has 12 heteroatoms. The van der Waals surface area contributed by atoms with E-state index in [1.165, 1.54) is 6.33 Å². The quantitative estimate of drug-likeness (QED) is 0.254. The highest BCUT2D eigenvalue weighted by molar-refractivity contribution is 8.01. The zero-order valence-corrected chi connectivity index (χ0v) is 28.3. The maximum atomic E-state index is 7.44. The summed E-state index contributed by atoms with van der Waals surface area (Å²) in [6.45, 7) is 25.1. The van der Waals surface area contributed by atoms with Gasteiger partial charge in [0.1, 0.15) is 17.9 Å². The number of aromatic nitrogens is 4. The van der Waals surface area contributed by atoms with Crippen molar-refractivity contribution in [2.45, 2.75) is 127 Å². The van der Waals surface area contributed by atoms with Crippen LogP contribution in [-0.4, -0.2) is 65.5 Å². The first-order valence-corrected chi connectivity index (χ1v) is 19.0. The van der Waals surface area contributed by atoms with Gasteiger partial charge in [-0.05, 0) is 22.2 Å². The van der Waals surface area contributed by atoms with Crippen LogP contribution in [0, 0.1) is 0 Å². The van der Waals surface area contributed by atoms with Crippen molar-refractivity contribution >= 4 is 51.6 Å². The number of rotatable bonds is 6. The van der Waals surface area contributed by atoms with Gasteiger partial charge in [0.15, 0.2) is 17.0 Å². The van der Waals surface area contributed by atoms with Crippen molar-refractivity contribution in [1.29, 1.82) is 0 Å². The van der Waals surface area contributed by atoms with E-state index in [4.69, 9.17) is 29.3 Å². The molecule has 0 aliphatic carbocycles. The molecule has 2 saturated heterocycles. The van der Waals surface area contributed by atoms with E-state index < -0.39 is 17.1 Å². The summed E-state index contributed by atoms with van der Waals surface area (Å²) in [7, 11) is -5.46. The van der Waals surface area contributed by atoms with Crippen molar-refractivity contribution in [2.24, 2.45) is 0 Å². The predicted molar refractivity (Wildman–Crippen MR) is 159 cm³/mol. The van der Waals surface area contributed by atoms with E-state index in [-0.39, 0.29) is 50.6 Å². The minimum atomic E-state index is -2.80. The second-order valence-electron chi connectivity index (χ2n) is 12.8. The van der Waals surface area contributed by atoms with Gasteiger partial charge in [-0.2, -0.15) is 0 Å². The lowest BCUT2D eigenvalue weighted by atomic mass is 10.2. The van der Waals surface area contributed by atoms with Crippen LogP contribution in [0.4, 0.5) is 0 Å².